The van der Waals surface area contributed by atoms with E-state index in [1.165, 1.54) is 39.3 Å². The number of rotatable bonds is 4. The molecule has 2 aromatic heterocycles. The lowest BCUT2D eigenvalue weighted by molar-refractivity contribution is 0.565. The average Bonchev–Trinajstić information content (AvgIpc) is 3.32. The fourth-order valence-electron chi connectivity index (χ4n) is 5.09. The minimum atomic E-state index is -0.0532. The van der Waals surface area contributed by atoms with Crippen molar-refractivity contribution in [2.45, 2.75) is 46.7 Å². The zero-order valence-corrected chi connectivity index (χ0v) is 21.1. The second-order valence-electron chi connectivity index (χ2n) is 9.21. The Labute approximate surface area is 207 Å². The van der Waals surface area contributed by atoms with Crippen molar-refractivity contribution in [1.29, 1.82) is 0 Å². The number of pyridine rings is 1. The van der Waals surface area contributed by atoms with Crippen LogP contribution >= 0.6 is 12.2 Å². The SMILES string of the molecule is Cc1ccc(N2C(=S)NC(c3ccccn3)C2c2cc(C)n(-c3cccc(C)c3C)c2C)cc1. The number of anilines is 1. The van der Waals surface area contributed by atoms with Gasteiger partial charge in [0.1, 0.15) is 0 Å². The second-order valence-corrected chi connectivity index (χ2v) is 9.60. The van der Waals surface area contributed by atoms with E-state index in [0.29, 0.717) is 0 Å². The van der Waals surface area contributed by atoms with Gasteiger partial charge in [-0.2, -0.15) is 0 Å². The minimum Gasteiger partial charge on any atom is -0.351 e. The summed E-state index contributed by atoms with van der Waals surface area (Å²) in [5.74, 6) is 0. The predicted molar refractivity (Wildman–Crippen MR) is 144 cm³/mol. The molecule has 2 aromatic carbocycles. The van der Waals surface area contributed by atoms with Crippen molar-refractivity contribution in [1.82, 2.24) is 14.9 Å². The standard InChI is InChI=1S/C29H30N4S/c1-18-12-14-23(15-13-18)33-28(27(31-29(33)34)25-10-6-7-16-30-25)24-17-20(3)32(22(24)5)26-11-8-9-19(2)21(26)4/h6-17,27-28H,1-5H3,(H,31,34). The first-order valence-electron chi connectivity index (χ1n) is 11.7. The zero-order valence-electron chi connectivity index (χ0n) is 20.3. The molecule has 5 rings (SSSR count). The Balaban J connectivity index is 1.70. The molecule has 0 radical (unpaired) electrons. The van der Waals surface area contributed by atoms with Gasteiger partial charge in [0.05, 0.1) is 17.8 Å². The van der Waals surface area contributed by atoms with Crippen molar-refractivity contribution in [3.63, 3.8) is 0 Å². The van der Waals surface area contributed by atoms with Crippen LogP contribution in [-0.4, -0.2) is 14.7 Å². The number of hydrogen-bond donors (Lipinski definition) is 1. The maximum Gasteiger partial charge on any atom is 0.174 e. The van der Waals surface area contributed by atoms with Crippen LogP contribution in [0.4, 0.5) is 5.69 Å². The van der Waals surface area contributed by atoms with E-state index in [-0.39, 0.29) is 12.1 Å². The van der Waals surface area contributed by atoms with Gasteiger partial charge < -0.3 is 14.8 Å². The van der Waals surface area contributed by atoms with Gasteiger partial charge in [-0.1, -0.05) is 35.9 Å². The molecule has 0 aliphatic carbocycles. The molecule has 1 saturated heterocycles. The fourth-order valence-corrected chi connectivity index (χ4v) is 5.44. The van der Waals surface area contributed by atoms with Crippen LogP contribution < -0.4 is 10.2 Å². The third kappa shape index (κ3) is 3.70. The number of nitrogens with zero attached hydrogens (tertiary/aromatic N) is 3. The van der Waals surface area contributed by atoms with Crippen LogP contribution in [0.5, 0.6) is 0 Å². The molecule has 0 amide bonds. The smallest absolute Gasteiger partial charge is 0.174 e. The fraction of sp³-hybridized carbons (Fsp3) is 0.241. The Bertz CT molecular complexity index is 1360. The summed E-state index contributed by atoms with van der Waals surface area (Å²) in [6, 6.07) is 23.4. The van der Waals surface area contributed by atoms with Gasteiger partial charge in [0, 0.05) is 29.0 Å². The first-order chi connectivity index (χ1) is 16.4. The van der Waals surface area contributed by atoms with Gasteiger partial charge in [-0.05, 0) is 99.9 Å². The van der Waals surface area contributed by atoms with Crippen molar-refractivity contribution >= 4 is 23.0 Å². The van der Waals surface area contributed by atoms with Crippen LogP contribution in [0.2, 0.25) is 0 Å². The summed E-state index contributed by atoms with van der Waals surface area (Å²) < 4.78 is 2.38. The summed E-state index contributed by atoms with van der Waals surface area (Å²) in [6.07, 6.45) is 1.85. The molecule has 1 aliphatic rings. The largest absolute Gasteiger partial charge is 0.351 e. The highest BCUT2D eigenvalue weighted by Gasteiger charge is 2.42. The molecular weight excluding hydrogens is 436 g/mol. The third-order valence-electron chi connectivity index (χ3n) is 7.02. The molecule has 34 heavy (non-hydrogen) atoms. The molecule has 3 heterocycles. The number of aryl methyl sites for hydroxylation is 3. The lowest BCUT2D eigenvalue weighted by atomic mass is 9.96. The maximum absolute atomic E-state index is 5.90. The molecular formula is C29H30N4S. The second kappa shape index (κ2) is 8.73. The molecule has 0 bridgehead atoms. The highest BCUT2D eigenvalue weighted by molar-refractivity contribution is 7.80. The van der Waals surface area contributed by atoms with E-state index < -0.39 is 0 Å². The molecule has 2 atom stereocenters. The summed E-state index contributed by atoms with van der Waals surface area (Å²) in [6.45, 7) is 10.9. The first-order valence-corrected chi connectivity index (χ1v) is 12.1. The maximum atomic E-state index is 5.90. The molecule has 1 N–H and O–H groups in total. The van der Waals surface area contributed by atoms with E-state index in [4.69, 9.17) is 17.2 Å². The Morgan fingerprint density at radius 1 is 0.882 bits per heavy atom. The van der Waals surface area contributed by atoms with E-state index >= 15 is 0 Å². The Hall–Kier alpha value is -3.44. The highest BCUT2D eigenvalue weighted by Crippen LogP contribution is 2.44. The Morgan fingerprint density at radius 2 is 1.65 bits per heavy atom. The molecule has 4 aromatic rings. The molecule has 2 unspecified atom stereocenters. The van der Waals surface area contributed by atoms with Gasteiger partial charge in [0.15, 0.2) is 5.11 Å². The molecule has 1 aliphatic heterocycles. The molecule has 0 saturated carbocycles. The molecule has 5 heteroatoms. The van der Waals surface area contributed by atoms with E-state index in [0.717, 1.165) is 16.5 Å². The van der Waals surface area contributed by atoms with Crippen molar-refractivity contribution in [2.24, 2.45) is 0 Å². The summed E-state index contributed by atoms with van der Waals surface area (Å²) in [5.41, 5.74) is 10.8. The van der Waals surface area contributed by atoms with Crippen LogP contribution in [0.3, 0.4) is 0 Å². The highest BCUT2D eigenvalue weighted by atomic mass is 32.1. The normalized spacial score (nSPS) is 17.8. The van der Waals surface area contributed by atoms with E-state index in [1.54, 1.807) is 0 Å². The van der Waals surface area contributed by atoms with E-state index in [2.05, 4.69) is 104 Å². The minimum absolute atomic E-state index is 0.0184. The number of nitrogens with one attached hydrogen (secondary N) is 1. The van der Waals surface area contributed by atoms with E-state index in [9.17, 15) is 0 Å². The van der Waals surface area contributed by atoms with Crippen LogP contribution in [0.25, 0.3) is 5.69 Å². The van der Waals surface area contributed by atoms with Gasteiger partial charge in [0.25, 0.3) is 0 Å². The number of hydrogen-bond acceptors (Lipinski definition) is 2. The molecule has 172 valence electrons. The topological polar surface area (TPSA) is 33.1 Å². The predicted octanol–water partition coefficient (Wildman–Crippen LogP) is 6.59. The van der Waals surface area contributed by atoms with Crippen molar-refractivity contribution in [2.75, 3.05) is 4.90 Å². The van der Waals surface area contributed by atoms with Gasteiger partial charge in [0.2, 0.25) is 0 Å². The Kier molecular flexibility index (Phi) is 5.74. The quantitative estimate of drug-likeness (QED) is 0.344. The van der Waals surface area contributed by atoms with Gasteiger partial charge in [-0.25, -0.2) is 0 Å². The molecule has 1 fully saturated rings. The summed E-state index contributed by atoms with van der Waals surface area (Å²) in [5, 5.41) is 4.31. The summed E-state index contributed by atoms with van der Waals surface area (Å²) in [4.78, 5) is 6.95. The third-order valence-corrected chi connectivity index (χ3v) is 7.33. The van der Waals surface area contributed by atoms with Crippen LogP contribution in [0.15, 0.2) is 72.9 Å². The zero-order chi connectivity index (χ0) is 24.0. The summed E-state index contributed by atoms with van der Waals surface area (Å²) >= 11 is 5.90. The van der Waals surface area contributed by atoms with Crippen LogP contribution in [0.1, 0.15) is 51.4 Å². The van der Waals surface area contributed by atoms with Gasteiger partial charge >= 0.3 is 0 Å². The lowest BCUT2D eigenvalue weighted by Crippen LogP contribution is -2.29. The van der Waals surface area contributed by atoms with Crippen LogP contribution in [0, 0.1) is 34.6 Å². The average molecular weight is 467 g/mol. The van der Waals surface area contributed by atoms with Gasteiger partial charge in [-0.3, -0.25) is 4.98 Å². The van der Waals surface area contributed by atoms with Crippen LogP contribution in [-0.2, 0) is 0 Å². The molecule has 0 spiro atoms. The number of aromatic nitrogens is 2. The number of benzene rings is 2. The Morgan fingerprint density at radius 3 is 2.35 bits per heavy atom. The van der Waals surface area contributed by atoms with E-state index in [1.807, 2.05) is 18.3 Å². The summed E-state index contributed by atoms with van der Waals surface area (Å²) in [7, 11) is 0. The molecule has 4 nitrogen and oxygen atoms in total. The monoisotopic (exact) mass is 466 g/mol. The van der Waals surface area contributed by atoms with Crippen molar-refractivity contribution < 1.29 is 0 Å². The van der Waals surface area contributed by atoms with Crippen molar-refractivity contribution in [3.05, 3.63) is 112 Å². The number of thiocarbonyl (C=S) groups is 1. The lowest BCUT2D eigenvalue weighted by Gasteiger charge is -2.28. The first kappa shape index (κ1) is 22.4. The van der Waals surface area contributed by atoms with Crippen molar-refractivity contribution in [3.8, 4) is 5.69 Å². The van der Waals surface area contributed by atoms with Gasteiger partial charge in [-0.15, -0.1) is 0 Å².